The van der Waals surface area contributed by atoms with Crippen LogP contribution in [0.5, 0.6) is 17.2 Å². The summed E-state index contributed by atoms with van der Waals surface area (Å²) in [6.45, 7) is 6.01. The number of ether oxygens (including phenoxy) is 3. The van der Waals surface area contributed by atoms with Gasteiger partial charge in [-0.25, -0.2) is 0 Å². The van der Waals surface area contributed by atoms with Gasteiger partial charge >= 0.3 is 0 Å². The largest absolute Gasteiger partial charge is 0.493 e. The average Bonchev–Trinajstić information content (AvgIpc) is 3.71. The second-order valence-corrected chi connectivity index (χ2v) is 15.8. The number of benzene rings is 2. The third-order valence-electron chi connectivity index (χ3n) is 7.32. The number of anilines is 1. The lowest BCUT2D eigenvalue weighted by Crippen LogP contribution is -2.39. The third-order valence-corrected chi connectivity index (χ3v) is 12.1. The first-order valence-corrected chi connectivity index (χ1v) is 20.4. The molecule has 0 fully saturated rings. The van der Waals surface area contributed by atoms with Gasteiger partial charge < -0.3 is 19.1 Å². The molecule has 46 heavy (non-hydrogen) atoms. The Balaban J connectivity index is 1.56. The molecule has 0 aliphatic carbocycles. The van der Waals surface area contributed by atoms with Crippen molar-refractivity contribution in [2.75, 3.05) is 60.7 Å². The summed E-state index contributed by atoms with van der Waals surface area (Å²) in [4.78, 5) is 16.2. The highest BCUT2D eigenvalue weighted by Crippen LogP contribution is 2.46. The number of rotatable bonds is 15. The fourth-order valence-electron chi connectivity index (χ4n) is 5.02. The van der Waals surface area contributed by atoms with Crippen LogP contribution in [0.4, 0.5) is 5.69 Å². The molecule has 0 bridgehead atoms. The molecule has 7 nitrogen and oxygen atoms in total. The Labute approximate surface area is 291 Å². The van der Waals surface area contributed by atoms with E-state index in [1.54, 1.807) is 25.6 Å². The molecule has 0 amide bonds. The molecule has 0 saturated carbocycles. The van der Waals surface area contributed by atoms with Crippen LogP contribution in [0.15, 0.2) is 64.6 Å². The van der Waals surface area contributed by atoms with Crippen molar-refractivity contribution in [1.82, 2.24) is 4.57 Å². The van der Waals surface area contributed by atoms with E-state index in [0.29, 0.717) is 27.7 Å². The first-order valence-electron chi connectivity index (χ1n) is 15.0. The second kappa shape index (κ2) is 16.9. The van der Waals surface area contributed by atoms with Crippen LogP contribution in [0.1, 0.15) is 17.6 Å². The number of aromatic nitrogens is 2. The summed E-state index contributed by atoms with van der Waals surface area (Å²) < 4.78 is 23.2. The van der Waals surface area contributed by atoms with Crippen LogP contribution in [0.25, 0.3) is 17.8 Å². The molecule has 2 aromatic carbocycles. The Morgan fingerprint density at radius 2 is 1.76 bits per heavy atom. The number of thiazole rings is 2. The fourth-order valence-corrected chi connectivity index (χ4v) is 9.15. The van der Waals surface area contributed by atoms with Crippen LogP contribution in [-0.4, -0.2) is 60.4 Å². The minimum absolute atomic E-state index is 0.0578. The van der Waals surface area contributed by atoms with Gasteiger partial charge in [0.2, 0.25) is 5.88 Å². The number of hydrogen-bond acceptors (Lipinski definition) is 10. The summed E-state index contributed by atoms with van der Waals surface area (Å²) in [6.07, 6.45) is 8.07. The molecule has 4 aromatic rings. The molecule has 0 radical (unpaired) electrons. The van der Waals surface area contributed by atoms with Crippen LogP contribution >= 0.6 is 58.0 Å². The first-order chi connectivity index (χ1) is 22.5. The Kier molecular flexibility index (Phi) is 12.7. The minimum atomic E-state index is -0.0578. The van der Waals surface area contributed by atoms with Crippen molar-refractivity contribution in [3.8, 4) is 22.9 Å². The second-order valence-electron chi connectivity index (χ2n) is 10.2. The van der Waals surface area contributed by atoms with Crippen LogP contribution < -0.4 is 38.4 Å². The van der Waals surface area contributed by atoms with Gasteiger partial charge in [-0.2, -0.15) is 39.9 Å². The smallest absolute Gasteiger partial charge is 0.273 e. The number of fused-ring (bicyclic) bond motifs is 1. The number of methoxy groups -OCH3 is 2. The number of thioether (sulfide) groups is 3. The minimum Gasteiger partial charge on any atom is -0.493 e. The third kappa shape index (κ3) is 8.02. The molecule has 2 aromatic heterocycles. The Morgan fingerprint density at radius 3 is 2.50 bits per heavy atom. The maximum Gasteiger partial charge on any atom is 0.273 e. The molecular formula is C34H40N3O4S5+. The average molecular weight is 715 g/mol. The van der Waals surface area contributed by atoms with Crippen LogP contribution in [0.3, 0.4) is 0 Å². The quantitative estimate of drug-likeness (QED) is 0.114. The van der Waals surface area contributed by atoms with Gasteiger partial charge in [0.15, 0.2) is 29.5 Å². The number of nitrogens with zero attached hydrogens (tertiary/aromatic N) is 3. The van der Waals surface area contributed by atoms with Crippen molar-refractivity contribution in [2.45, 2.75) is 20.4 Å². The molecule has 0 N–H and O–H groups in total. The zero-order valence-electron chi connectivity index (χ0n) is 26.8. The molecule has 3 heterocycles. The molecule has 244 valence electrons. The Hall–Kier alpha value is -2.77. The number of aryl methyl sites for hydroxylation is 1. The van der Waals surface area contributed by atoms with Gasteiger partial charge in [-0.3, -0.25) is 9.36 Å². The van der Waals surface area contributed by atoms with E-state index in [1.165, 1.54) is 17.0 Å². The van der Waals surface area contributed by atoms with Crippen molar-refractivity contribution in [3.05, 3.63) is 90.1 Å². The van der Waals surface area contributed by atoms with Crippen LogP contribution in [0, 0.1) is 6.92 Å². The van der Waals surface area contributed by atoms with Crippen LogP contribution in [-0.2, 0) is 6.54 Å². The maximum absolute atomic E-state index is 14.0. The summed E-state index contributed by atoms with van der Waals surface area (Å²) in [5.41, 5.74) is 2.93. The van der Waals surface area contributed by atoms with Crippen molar-refractivity contribution < 1.29 is 18.8 Å². The standard InChI is InChI=1S/C34H40N3O4S5/c1-6-43-18-19-44-17-15-36-26-20-28(39-3)29(40-4)21-27(26)41-31(36)13-12-30-34(38)37(25-10-8-7-9-11-25)33(46-30)22-32-35(14-16-42-5)24(2)23-45-32/h7-13,20-23H,6,14-19H2,1-5H3/q+1/b30-12-,31-13+. The highest BCUT2D eigenvalue weighted by atomic mass is 32.2. The molecule has 0 spiro atoms. The molecule has 0 saturated heterocycles. The van der Waals surface area contributed by atoms with Crippen molar-refractivity contribution in [1.29, 1.82) is 0 Å². The zero-order valence-corrected chi connectivity index (χ0v) is 30.9. The van der Waals surface area contributed by atoms with Gasteiger partial charge in [0.1, 0.15) is 4.66 Å². The Bertz CT molecular complexity index is 1830. The molecule has 1 aliphatic heterocycles. The van der Waals surface area contributed by atoms with E-state index in [-0.39, 0.29) is 5.56 Å². The molecule has 12 heteroatoms. The highest BCUT2D eigenvalue weighted by Gasteiger charge is 2.28. The van der Waals surface area contributed by atoms with Gasteiger partial charge in [-0.1, -0.05) is 36.5 Å². The topological polar surface area (TPSA) is 56.8 Å². The van der Waals surface area contributed by atoms with E-state index in [9.17, 15) is 4.79 Å². The normalized spacial score (nSPS) is 14.3. The van der Waals surface area contributed by atoms with Gasteiger partial charge in [0.05, 0.1) is 47.3 Å². The molecule has 1 aliphatic rings. The monoisotopic (exact) mass is 714 g/mol. The van der Waals surface area contributed by atoms with Crippen molar-refractivity contribution in [2.24, 2.45) is 0 Å². The number of allylic oxidation sites excluding steroid dienone is 1. The van der Waals surface area contributed by atoms with Gasteiger partial charge in [-0.15, -0.1) is 11.3 Å². The summed E-state index contributed by atoms with van der Waals surface area (Å²) in [5, 5.41) is 3.30. The lowest BCUT2D eigenvalue weighted by Gasteiger charge is -2.18. The summed E-state index contributed by atoms with van der Waals surface area (Å²) in [6, 6.07) is 13.7. The first kappa shape index (κ1) is 34.6. The highest BCUT2D eigenvalue weighted by molar-refractivity contribution is 8.02. The predicted octanol–water partition coefficient (Wildman–Crippen LogP) is 5.77. The van der Waals surface area contributed by atoms with E-state index in [2.05, 4.69) is 41.0 Å². The maximum atomic E-state index is 14.0. The Morgan fingerprint density at radius 1 is 1.00 bits per heavy atom. The summed E-state index contributed by atoms with van der Waals surface area (Å²) in [5.74, 6) is 7.98. The molecule has 0 unspecified atom stereocenters. The van der Waals surface area contributed by atoms with E-state index in [0.717, 1.165) is 62.9 Å². The molecule has 0 atom stereocenters. The number of para-hydroxylation sites is 1. The van der Waals surface area contributed by atoms with Gasteiger partial charge in [-0.05, 0) is 30.2 Å². The summed E-state index contributed by atoms with van der Waals surface area (Å²) in [7, 11) is 3.26. The van der Waals surface area contributed by atoms with Gasteiger partial charge in [0.25, 0.3) is 10.6 Å². The lowest BCUT2D eigenvalue weighted by atomic mass is 10.2. The van der Waals surface area contributed by atoms with E-state index in [4.69, 9.17) is 14.2 Å². The van der Waals surface area contributed by atoms with Crippen molar-refractivity contribution >= 4 is 75.8 Å². The predicted molar refractivity (Wildman–Crippen MR) is 201 cm³/mol. The van der Waals surface area contributed by atoms with Gasteiger partial charge in [0, 0.05) is 48.9 Å². The molecule has 5 rings (SSSR count). The lowest BCUT2D eigenvalue weighted by molar-refractivity contribution is -0.695. The molecular weight excluding hydrogens is 675 g/mol. The van der Waals surface area contributed by atoms with E-state index in [1.807, 2.05) is 94.5 Å². The fraction of sp³-hybridized carbons (Fsp3) is 0.353. The number of hydrogen-bond donors (Lipinski definition) is 0. The zero-order chi connectivity index (χ0) is 32.5. The van der Waals surface area contributed by atoms with Crippen LogP contribution in [0.2, 0.25) is 0 Å². The van der Waals surface area contributed by atoms with Crippen molar-refractivity contribution in [3.63, 3.8) is 0 Å². The summed E-state index contributed by atoms with van der Waals surface area (Å²) >= 11 is 8.92. The SMILES string of the molecule is CCSCCSCCN1/C(=C\C=c2/sc(=Cc3scc(C)[n+]3CCSC)n(-c3ccccc3)c2=O)Oc2cc(OC)c(OC)cc21. The van der Waals surface area contributed by atoms with E-state index < -0.39 is 0 Å². The van der Waals surface area contributed by atoms with E-state index >= 15 is 0 Å².